The topological polar surface area (TPSA) is 66.6 Å². The summed E-state index contributed by atoms with van der Waals surface area (Å²) in [6.07, 6.45) is 0.136. The molecule has 0 bridgehead atoms. The van der Waals surface area contributed by atoms with Crippen molar-refractivity contribution < 1.29 is 9.90 Å². The number of hydrogen-bond donors (Lipinski definition) is 2. The molecule has 0 aliphatic heterocycles. The summed E-state index contributed by atoms with van der Waals surface area (Å²) < 4.78 is 0. The average molecular weight is 411 g/mol. The number of hydrogen-bond acceptors (Lipinski definition) is 3. The Morgan fingerprint density at radius 3 is 1.80 bits per heavy atom. The SMILES string of the molecule is CC(C)N(C(C)C)C(C)(C)CCC(C(N)=O)(c1ccccc1)C(O)c1ccccc1. The second-order valence-electron chi connectivity index (χ2n) is 9.42. The molecule has 0 fully saturated rings. The van der Waals surface area contributed by atoms with Gasteiger partial charge in [-0.25, -0.2) is 0 Å². The molecular formula is C26H38N2O2. The third-order valence-corrected chi connectivity index (χ3v) is 6.25. The van der Waals surface area contributed by atoms with Crippen molar-refractivity contribution in [2.24, 2.45) is 5.73 Å². The van der Waals surface area contributed by atoms with E-state index < -0.39 is 17.4 Å². The standard InChI is InChI=1S/C26H38N2O2/c1-19(2)28(20(3)4)25(5,6)17-18-26(24(27)30,22-15-11-8-12-16-22)23(29)21-13-9-7-10-14-21/h7-16,19-20,23,29H,17-18H2,1-6H3,(H2,27,30). The van der Waals surface area contributed by atoms with Crippen molar-refractivity contribution in [3.05, 3.63) is 71.8 Å². The molecule has 0 saturated carbocycles. The van der Waals surface area contributed by atoms with Gasteiger partial charge in [-0.1, -0.05) is 60.7 Å². The van der Waals surface area contributed by atoms with E-state index >= 15 is 0 Å². The van der Waals surface area contributed by atoms with Crippen LogP contribution in [-0.2, 0) is 10.2 Å². The van der Waals surface area contributed by atoms with Crippen LogP contribution < -0.4 is 5.73 Å². The molecule has 0 spiro atoms. The zero-order chi connectivity index (χ0) is 22.5. The summed E-state index contributed by atoms with van der Waals surface area (Å²) in [6, 6.07) is 19.6. The molecule has 0 aliphatic rings. The minimum absolute atomic E-state index is 0.172. The van der Waals surface area contributed by atoms with Gasteiger partial charge in [0.25, 0.3) is 0 Å². The quantitative estimate of drug-likeness (QED) is 0.590. The zero-order valence-corrected chi connectivity index (χ0v) is 19.3. The minimum atomic E-state index is -1.21. The van der Waals surface area contributed by atoms with Gasteiger partial charge in [-0.15, -0.1) is 0 Å². The van der Waals surface area contributed by atoms with Gasteiger partial charge in [0.15, 0.2) is 0 Å². The molecule has 0 aliphatic carbocycles. The summed E-state index contributed by atoms with van der Waals surface area (Å²) in [5.41, 5.74) is 6.12. The number of rotatable bonds is 10. The van der Waals surface area contributed by atoms with Gasteiger partial charge in [0, 0.05) is 17.6 Å². The summed E-state index contributed by atoms with van der Waals surface area (Å²) in [7, 11) is 0. The van der Waals surface area contributed by atoms with Gasteiger partial charge in [0.2, 0.25) is 5.91 Å². The van der Waals surface area contributed by atoms with E-state index in [1.807, 2.05) is 60.7 Å². The Labute approximate surface area is 182 Å². The predicted octanol–water partition coefficient (Wildman–Crippen LogP) is 4.82. The first-order chi connectivity index (χ1) is 14.0. The van der Waals surface area contributed by atoms with E-state index in [0.29, 0.717) is 30.5 Å². The predicted molar refractivity (Wildman–Crippen MR) is 124 cm³/mol. The Bertz CT molecular complexity index is 794. The highest BCUT2D eigenvalue weighted by atomic mass is 16.3. The van der Waals surface area contributed by atoms with Gasteiger partial charge in [-0.05, 0) is 65.5 Å². The smallest absolute Gasteiger partial charge is 0.231 e. The van der Waals surface area contributed by atoms with Crippen LogP contribution in [-0.4, -0.2) is 33.5 Å². The van der Waals surface area contributed by atoms with E-state index in [2.05, 4.69) is 46.4 Å². The molecule has 2 rings (SSSR count). The maximum atomic E-state index is 13.0. The molecule has 0 radical (unpaired) electrons. The fourth-order valence-corrected chi connectivity index (χ4v) is 5.12. The highest BCUT2D eigenvalue weighted by Crippen LogP contribution is 2.43. The lowest BCUT2D eigenvalue weighted by Gasteiger charge is -2.46. The van der Waals surface area contributed by atoms with Crippen molar-refractivity contribution in [3.8, 4) is 0 Å². The maximum Gasteiger partial charge on any atom is 0.231 e. The third kappa shape index (κ3) is 4.93. The zero-order valence-electron chi connectivity index (χ0n) is 19.3. The number of carbonyl (C=O) groups is 1. The molecule has 0 saturated heterocycles. The number of primary amides is 1. The average Bonchev–Trinajstić information content (AvgIpc) is 2.68. The molecule has 164 valence electrons. The second kappa shape index (κ2) is 9.76. The van der Waals surface area contributed by atoms with E-state index in [-0.39, 0.29) is 5.54 Å². The number of amides is 1. The number of carbonyl (C=O) groups excluding carboxylic acids is 1. The highest BCUT2D eigenvalue weighted by Gasteiger charge is 2.47. The van der Waals surface area contributed by atoms with Crippen LogP contribution in [0.5, 0.6) is 0 Å². The van der Waals surface area contributed by atoms with Gasteiger partial charge in [0.05, 0.1) is 6.10 Å². The molecule has 2 aromatic carbocycles. The molecule has 3 N–H and O–H groups in total. The first-order valence-electron chi connectivity index (χ1n) is 10.9. The fourth-order valence-electron chi connectivity index (χ4n) is 5.12. The Hall–Kier alpha value is -2.17. The fraction of sp³-hybridized carbons (Fsp3) is 0.500. The molecule has 30 heavy (non-hydrogen) atoms. The van der Waals surface area contributed by atoms with Gasteiger partial charge >= 0.3 is 0 Å². The van der Waals surface area contributed by atoms with E-state index in [9.17, 15) is 9.90 Å². The van der Waals surface area contributed by atoms with Crippen molar-refractivity contribution in [2.75, 3.05) is 0 Å². The molecule has 4 nitrogen and oxygen atoms in total. The number of aliphatic hydroxyl groups excluding tert-OH is 1. The molecule has 2 unspecified atom stereocenters. The van der Waals surface area contributed by atoms with E-state index in [1.165, 1.54) is 0 Å². The Morgan fingerprint density at radius 2 is 1.37 bits per heavy atom. The first kappa shape index (κ1) is 24.1. The molecule has 0 heterocycles. The van der Waals surface area contributed by atoms with Crippen LogP contribution in [0.15, 0.2) is 60.7 Å². The summed E-state index contributed by atoms with van der Waals surface area (Å²) in [6.45, 7) is 13.2. The number of nitrogens with zero attached hydrogens (tertiary/aromatic N) is 1. The second-order valence-corrected chi connectivity index (χ2v) is 9.42. The highest BCUT2D eigenvalue weighted by molar-refractivity contribution is 5.87. The van der Waals surface area contributed by atoms with Gasteiger partial charge in [-0.3, -0.25) is 9.69 Å². The molecular weight excluding hydrogens is 372 g/mol. The largest absolute Gasteiger partial charge is 0.387 e. The van der Waals surface area contributed by atoms with Crippen LogP contribution in [0.2, 0.25) is 0 Å². The van der Waals surface area contributed by atoms with Crippen molar-refractivity contribution in [2.45, 2.75) is 83.5 Å². The van der Waals surface area contributed by atoms with E-state index in [4.69, 9.17) is 5.73 Å². The van der Waals surface area contributed by atoms with Crippen LogP contribution in [0.4, 0.5) is 0 Å². The third-order valence-electron chi connectivity index (χ3n) is 6.25. The normalized spacial score (nSPS) is 15.4. The van der Waals surface area contributed by atoms with E-state index in [0.717, 1.165) is 5.56 Å². The van der Waals surface area contributed by atoms with Crippen LogP contribution >= 0.6 is 0 Å². The summed E-state index contributed by atoms with van der Waals surface area (Å²) >= 11 is 0. The molecule has 2 atom stereocenters. The van der Waals surface area contributed by atoms with Crippen molar-refractivity contribution in [1.29, 1.82) is 0 Å². The molecule has 4 heteroatoms. The first-order valence-corrected chi connectivity index (χ1v) is 10.9. The molecule has 0 aromatic heterocycles. The lowest BCUT2D eigenvalue weighted by atomic mass is 9.68. The number of benzene rings is 2. The van der Waals surface area contributed by atoms with Crippen molar-refractivity contribution in [3.63, 3.8) is 0 Å². The van der Waals surface area contributed by atoms with Gasteiger partial charge in [0.1, 0.15) is 5.41 Å². The maximum absolute atomic E-state index is 13.0. The van der Waals surface area contributed by atoms with Crippen molar-refractivity contribution >= 4 is 5.91 Å². The lowest BCUT2D eigenvalue weighted by molar-refractivity contribution is -0.129. The van der Waals surface area contributed by atoms with Crippen molar-refractivity contribution in [1.82, 2.24) is 4.90 Å². The van der Waals surface area contributed by atoms with Crippen LogP contribution in [0.1, 0.15) is 71.6 Å². The Kier molecular flexibility index (Phi) is 7.84. The summed E-state index contributed by atoms with van der Waals surface area (Å²) in [4.78, 5) is 15.5. The lowest BCUT2D eigenvalue weighted by Crippen LogP contribution is -2.54. The monoisotopic (exact) mass is 410 g/mol. The number of nitrogens with two attached hydrogens (primary N) is 1. The molecule has 1 amide bonds. The Balaban J connectivity index is 2.52. The van der Waals surface area contributed by atoms with Crippen LogP contribution in [0.25, 0.3) is 0 Å². The summed E-state index contributed by atoms with van der Waals surface area (Å²) in [5.74, 6) is -0.499. The summed E-state index contributed by atoms with van der Waals surface area (Å²) in [5, 5.41) is 11.5. The number of aliphatic hydroxyl groups is 1. The van der Waals surface area contributed by atoms with E-state index in [1.54, 1.807) is 0 Å². The Morgan fingerprint density at radius 1 is 0.900 bits per heavy atom. The minimum Gasteiger partial charge on any atom is -0.387 e. The van der Waals surface area contributed by atoms with Gasteiger partial charge < -0.3 is 10.8 Å². The van der Waals surface area contributed by atoms with Crippen LogP contribution in [0.3, 0.4) is 0 Å². The molecule has 2 aromatic rings. The van der Waals surface area contributed by atoms with Crippen LogP contribution in [0, 0.1) is 0 Å². The van der Waals surface area contributed by atoms with Gasteiger partial charge in [-0.2, -0.15) is 0 Å².